The molecule has 3 aliphatic heterocycles. The number of nitrogen functional groups attached to an aromatic ring is 1. The molecule has 0 aliphatic carbocycles. The third kappa shape index (κ3) is 3.90. The molecule has 2 aromatic heterocycles. The molecule has 0 radical (unpaired) electrons. The lowest BCUT2D eigenvalue weighted by atomic mass is 9.98. The van der Waals surface area contributed by atoms with Gasteiger partial charge in [0.15, 0.2) is 5.82 Å². The largest absolute Gasteiger partial charge is 0.419 e. The van der Waals surface area contributed by atoms with Crippen molar-refractivity contribution in [3.63, 3.8) is 0 Å². The van der Waals surface area contributed by atoms with Gasteiger partial charge in [0.2, 0.25) is 0 Å². The first kappa shape index (κ1) is 21.6. The van der Waals surface area contributed by atoms with Gasteiger partial charge >= 0.3 is 6.18 Å². The number of rotatable bonds is 4. The monoisotopic (exact) mass is 462 g/mol. The molecule has 11 heteroatoms. The quantitative estimate of drug-likeness (QED) is 0.443. The van der Waals surface area contributed by atoms with Crippen LogP contribution in [-0.4, -0.2) is 40.5 Å². The predicted molar refractivity (Wildman–Crippen MR) is 115 cm³/mol. The number of hydrogen-bond donors (Lipinski definition) is 2. The molecule has 3 aliphatic rings. The Morgan fingerprint density at radius 1 is 1.15 bits per heavy atom. The van der Waals surface area contributed by atoms with Crippen LogP contribution in [0.4, 0.5) is 34.9 Å². The Balaban J connectivity index is 1.50. The highest BCUT2D eigenvalue weighted by molar-refractivity contribution is 5.94. The number of aromatic nitrogens is 3. The number of nitrogens with zero attached hydrogens (tertiary/aromatic N) is 4. The average Bonchev–Trinajstić information content (AvgIpc) is 2.75. The number of fused-ring (bicyclic) bond motifs is 3. The SMILES string of the molecule is Cc1nnc(N[C@H](C)c2cc(N)cc(C(F)(F)F)c2F)c2cc(N3CC4CC(C3)O4)ncc12. The molecule has 3 atom stereocenters. The van der Waals surface area contributed by atoms with Crippen LogP contribution in [0.2, 0.25) is 0 Å². The minimum atomic E-state index is -4.86. The van der Waals surface area contributed by atoms with Gasteiger partial charge in [0, 0.05) is 47.7 Å². The summed E-state index contributed by atoms with van der Waals surface area (Å²) in [5, 5.41) is 12.8. The van der Waals surface area contributed by atoms with Gasteiger partial charge in [0.05, 0.1) is 29.5 Å². The summed E-state index contributed by atoms with van der Waals surface area (Å²) in [6.45, 7) is 4.81. The van der Waals surface area contributed by atoms with Crippen LogP contribution in [0.5, 0.6) is 0 Å². The van der Waals surface area contributed by atoms with Crippen molar-refractivity contribution in [3.05, 3.63) is 47.0 Å². The first-order valence-electron chi connectivity index (χ1n) is 10.6. The molecule has 3 fully saturated rings. The second-order valence-corrected chi connectivity index (χ2v) is 8.58. The highest BCUT2D eigenvalue weighted by Gasteiger charge is 2.39. The number of anilines is 3. The molecule has 1 aromatic carbocycles. The molecule has 2 bridgehead atoms. The Kier molecular flexibility index (Phi) is 5.04. The van der Waals surface area contributed by atoms with E-state index in [0.717, 1.165) is 30.7 Å². The van der Waals surface area contributed by atoms with Gasteiger partial charge in [-0.1, -0.05) is 0 Å². The molecule has 7 nitrogen and oxygen atoms in total. The number of hydrogen-bond acceptors (Lipinski definition) is 7. The zero-order valence-electron chi connectivity index (χ0n) is 17.9. The molecule has 0 saturated carbocycles. The smallest absolute Gasteiger partial charge is 0.399 e. The summed E-state index contributed by atoms with van der Waals surface area (Å²) in [6.07, 6.45) is -1.71. The normalized spacial score (nSPS) is 21.1. The lowest BCUT2D eigenvalue weighted by Gasteiger charge is -2.47. The zero-order valence-corrected chi connectivity index (χ0v) is 17.9. The maximum absolute atomic E-state index is 14.7. The van der Waals surface area contributed by atoms with E-state index in [9.17, 15) is 17.6 Å². The van der Waals surface area contributed by atoms with Crippen LogP contribution < -0.4 is 16.0 Å². The Hall–Kier alpha value is -3.21. The maximum atomic E-state index is 14.7. The molecular formula is C22H22F4N6O. The van der Waals surface area contributed by atoms with Gasteiger partial charge in [0.25, 0.3) is 0 Å². The molecule has 2 unspecified atom stereocenters. The van der Waals surface area contributed by atoms with Gasteiger partial charge in [-0.2, -0.15) is 18.3 Å². The summed E-state index contributed by atoms with van der Waals surface area (Å²) in [7, 11) is 0. The van der Waals surface area contributed by atoms with E-state index in [1.807, 2.05) is 6.07 Å². The predicted octanol–water partition coefficient (Wildman–Crippen LogP) is 4.22. The number of pyridine rings is 1. The third-order valence-corrected chi connectivity index (χ3v) is 6.17. The molecule has 3 N–H and O–H groups in total. The number of alkyl halides is 3. The van der Waals surface area contributed by atoms with E-state index < -0.39 is 23.6 Å². The third-order valence-electron chi connectivity index (χ3n) is 6.17. The number of nitrogens with one attached hydrogen (secondary N) is 1. The topological polar surface area (TPSA) is 89.2 Å². The van der Waals surface area contributed by atoms with E-state index in [0.29, 0.717) is 23.0 Å². The lowest BCUT2D eigenvalue weighted by Crippen LogP contribution is -2.57. The number of nitrogens with two attached hydrogens (primary N) is 1. The van der Waals surface area contributed by atoms with Crippen molar-refractivity contribution in [1.82, 2.24) is 15.2 Å². The minimum Gasteiger partial charge on any atom is -0.399 e. The van der Waals surface area contributed by atoms with E-state index in [4.69, 9.17) is 10.5 Å². The zero-order chi connectivity index (χ0) is 23.5. The molecule has 6 rings (SSSR count). The summed E-state index contributed by atoms with van der Waals surface area (Å²) in [5.41, 5.74) is 4.51. The molecule has 0 amide bonds. The Morgan fingerprint density at radius 2 is 1.85 bits per heavy atom. The van der Waals surface area contributed by atoms with Crippen molar-refractivity contribution in [2.24, 2.45) is 0 Å². The number of aryl methyl sites for hydroxylation is 1. The van der Waals surface area contributed by atoms with Crippen LogP contribution in [0.3, 0.4) is 0 Å². The molecular weight excluding hydrogens is 440 g/mol. The molecule has 0 spiro atoms. The van der Waals surface area contributed by atoms with Crippen molar-refractivity contribution in [2.75, 3.05) is 29.0 Å². The number of ether oxygens (including phenoxy) is 1. The Morgan fingerprint density at radius 3 is 2.52 bits per heavy atom. The fourth-order valence-corrected chi connectivity index (χ4v) is 4.46. The van der Waals surface area contributed by atoms with Crippen LogP contribution in [-0.2, 0) is 10.9 Å². The van der Waals surface area contributed by atoms with Gasteiger partial charge in [0.1, 0.15) is 11.6 Å². The van der Waals surface area contributed by atoms with Gasteiger partial charge < -0.3 is 20.7 Å². The molecule has 33 heavy (non-hydrogen) atoms. The van der Waals surface area contributed by atoms with Crippen molar-refractivity contribution in [2.45, 2.75) is 44.7 Å². The van der Waals surface area contributed by atoms with Gasteiger partial charge in [-0.3, -0.25) is 0 Å². The summed E-state index contributed by atoms with van der Waals surface area (Å²) in [6, 6.07) is 2.80. The molecule has 3 aromatic rings. The van der Waals surface area contributed by atoms with E-state index >= 15 is 0 Å². The fraction of sp³-hybridized carbons (Fsp3) is 0.409. The number of benzene rings is 1. The second kappa shape index (κ2) is 7.68. The molecule has 3 saturated heterocycles. The maximum Gasteiger partial charge on any atom is 0.419 e. The van der Waals surface area contributed by atoms with Crippen LogP contribution >= 0.6 is 0 Å². The van der Waals surface area contributed by atoms with Crippen LogP contribution in [0.1, 0.15) is 36.2 Å². The minimum absolute atomic E-state index is 0.176. The van der Waals surface area contributed by atoms with Crippen LogP contribution in [0.15, 0.2) is 24.4 Å². The average molecular weight is 462 g/mol. The summed E-state index contributed by atoms with van der Waals surface area (Å²) in [4.78, 5) is 6.70. The number of halogens is 4. The first-order valence-corrected chi connectivity index (χ1v) is 10.6. The van der Waals surface area contributed by atoms with E-state index in [-0.39, 0.29) is 23.5 Å². The van der Waals surface area contributed by atoms with Crippen molar-refractivity contribution < 1.29 is 22.3 Å². The van der Waals surface area contributed by atoms with E-state index in [1.54, 1.807) is 20.0 Å². The van der Waals surface area contributed by atoms with Gasteiger partial charge in [-0.05, 0) is 32.0 Å². The molecule has 174 valence electrons. The van der Waals surface area contributed by atoms with Crippen LogP contribution in [0.25, 0.3) is 10.8 Å². The van der Waals surface area contributed by atoms with Crippen molar-refractivity contribution in [1.29, 1.82) is 0 Å². The van der Waals surface area contributed by atoms with E-state index in [2.05, 4.69) is 25.4 Å². The fourth-order valence-electron chi connectivity index (χ4n) is 4.46. The Bertz CT molecular complexity index is 1220. The van der Waals surface area contributed by atoms with Crippen molar-refractivity contribution in [3.8, 4) is 0 Å². The number of piperidine rings is 1. The van der Waals surface area contributed by atoms with E-state index in [1.165, 1.54) is 6.07 Å². The Labute approximate surface area is 186 Å². The lowest BCUT2D eigenvalue weighted by molar-refractivity contribution is -0.140. The van der Waals surface area contributed by atoms with Crippen LogP contribution in [0, 0.1) is 12.7 Å². The highest BCUT2D eigenvalue weighted by Crippen LogP contribution is 2.37. The highest BCUT2D eigenvalue weighted by atomic mass is 19.4. The summed E-state index contributed by atoms with van der Waals surface area (Å²) in [5.74, 6) is -0.297. The second-order valence-electron chi connectivity index (χ2n) is 8.58. The number of morpholine rings is 1. The summed E-state index contributed by atoms with van der Waals surface area (Å²) >= 11 is 0. The van der Waals surface area contributed by atoms with Gasteiger partial charge in [-0.25, -0.2) is 9.37 Å². The standard InChI is InChI=1S/C22H22F4N6O/c1-10(15-3-12(27)4-18(20(15)23)22(24,25)26)29-21-16-6-19(28-7-17(16)11(2)30-31-21)32-8-13-5-14(9-32)33-13/h3-4,6-7,10,13-14H,5,8-9,27H2,1-2H3,(H,29,31)/t10-,13?,14?/m1/s1. The summed E-state index contributed by atoms with van der Waals surface area (Å²) < 4.78 is 60.2. The van der Waals surface area contributed by atoms with Crippen molar-refractivity contribution >= 4 is 28.1 Å². The first-order chi connectivity index (χ1) is 15.6. The van der Waals surface area contributed by atoms with Gasteiger partial charge in [-0.15, -0.1) is 5.10 Å². The molecule has 5 heterocycles.